The van der Waals surface area contributed by atoms with Crippen molar-refractivity contribution >= 4 is 17.9 Å². The van der Waals surface area contributed by atoms with E-state index >= 15 is 0 Å². The van der Waals surface area contributed by atoms with Gasteiger partial charge in [0.15, 0.2) is 0 Å². The fourth-order valence-electron chi connectivity index (χ4n) is 2.30. The molecule has 1 aliphatic rings. The number of hydrogen-bond acceptors (Lipinski definition) is 3. The van der Waals surface area contributed by atoms with Gasteiger partial charge in [-0.25, -0.2) is 4.79 Å². The molecule has 7 nitrogen and oxygen atoms in total. The largest absolute Gasteiger partial charge is 0.480 e. The number of urea groups is 1. The van der Waals surface area contributed by atoms with Gasteiger partial charge < -0.3 is 19.8 Å². The second-order valence-electron chi connectivity index (χ2n) is 4.94. The van der Waals surface area contributed by atoms with Gasteiger partial charge in [-0.1, -0.05) is 6.92 Å². The lowest BCUT2D eigenvalue weighted by atomic mass is 10.3. The summed E-state index contributed by atoms with van der Waals surface area (Å²) in [7, 11) is 0. The van der Waals surface area contributed by atoms with Crippen LogP contribution in [0.4, 0.5) is 4.79 Å². The number of nitrogens with zero attached hydrogens (tertiary/aromatic N) is 3. The zero-order valence-electron chi connectivity index (χ0n) is 12.2. The summed E-state index contributed by atoms with van der Waals surface area (Å²) in [6.07, 6.45) is 1.44. The molecule has 1 N–H and O–H groups in total. The summed E-state index contributed by atoms with van der Waals surface area (Å²) in [4.78, 5) is 39.2. The summed E-state index contributed by atoms with van der Waals surface area (Å²) in [5.41, 5.74) is 0. The van der Waals surface area contributed by atoms with Crippen LogP contribution in [-0.4, -0.2) is 77.0 Å². The maximum absolute atomic E-state index is 12.3. The van der Waals surface area contributed by atoms with E-state index in [0.29, 0.717) is 39.1 Å². The first-order valence-corrected chi connectivity index (χ1v) is 6.96. The highest BCUT2D eigenvalue weighted by Crippen LogP contribution is 2.07. The van der Waals surface area contributed by atoms with Crippen LogP contribution in [-0.2, 0) is 9.59 Å². The molecule has 0 unspecified atom stereocenters. The molecule has 0 aliphatic carbocycles. The molecule has 1 aliphatic heterocycles. The summed E-state index contributed by atoms with van der Waals surface area (Å²) in [6.45, 7) is 5.74. The van der Waals surface area contributed by atoms with E-state index in [0.717, 1.165) is 6.42 Å². The Labute approximate surface area is 119 Å². The second kappa shape index (κ2) is 7.72. The molecule has 1 rings (SSSR count). The van der Waals surface area contributed by atoms with Crippen molar-refractivity contribution in [2.45, 2.75) is 26.7 Å². The highest BCUT2D eigenvalue weighted by atomic mass is 16.4. The van der Waals surface area contributed by atoms with Crippen molar-refractivity contribution in [1.82, 2.24) is 14.7 Å². The lowest BCUT2D eigenvalue weighted by Crippen LogP contribution is -2.47. The monoisotopic (exact) mass is 285 g/mol. The molecule has 0 bridgehead atoms. The van der Waals surface area contributed by atoms with Gasteiger partial charge in [-0.15, -0.1) is 0 Å². The summed E-state index contributed by atoms with van der Waals surface area (Å²) in [5, 5.41) is 8.86. The lowest BCUT2D eigenvalue weighted by molar-refractivity contribution is -0.137. The molecule has 0 aromatic heterocycles. The van der Waals surface area contributed by atoms with Crippen LogP contribution in [0.5, 0.6) is 0 Å². The van der Waals surface area contributed by atoms with Crippen LogP contribution in [0.15, 0.2) is 0 Å². The Balaban J connectivity index is 2.64. The van der Waals surface area contributed by atoms with Crippen LogP contribution in [0.3, 0.4) is 0 Å². The number of carboxylic acid groups (broad SMARTS) is 1. The second-order valence-corrected chi connectivity index (χ2v) is 4.94. The van der Waals surface area contributed by atoms with Crippen LogP contribution in [0.25, 0.3) is 0 Å². The molecule has 20 heavy (non-hydrogen) atoms. The fraction of sp³-hybridized carbons (Fsp3) is 0.769. The first-order chi connectivity index (χ1) is 9.45. The van der Waals surface area contributed by atoms with E-state index in [1.807, 2.05) is 6.92 Å². The smallest absolute Gasteiger partial charge is 0.323 e. The predicted molar refractivity (Wildman–Crippen MR) is 73.3 cm³/mol. The number of hydrogen-bond donors (Lipinski definition) is 1. The third kappa shape index (κ3) is 4.71. The summed E-state index contributed by atoms with van der Waals surface area (Å²) in [5.74, 6) is -0.998. The minimum atomic E-state index is -1.01. The van der Waals surface area contributed by atoms with Gasteiger partial charge in [0.1, 0.15) is 6.54 Å². The number of carbonyl (C=O) groups is 3. The fourth-order valence-corrected chi connectivity index (χ4v) is 2.30. The van der Waals surface area contributed by atoms with Crippen molar-refractivity contribution in [1.29, 1.82) is 0 Å². The SMILES string of the molecule is CCCN(CC(=O)O)C(=O)N1CCCN(C(C)=O)CC1. The molecule has 1 fully saturated rings. The Hall–Kier alpha value is -1.79. The highest BCUT2D eigenvalue weighted by Gasteiger charge is 2.25. The molecule has 0 aromatic rings. The molecule has 0 radical (unpaired) electrons. The van der Waals surface area contributed by atoms with Crippen molar-refractivity contribution in [2.24, 2.45) is 0 Å². The maximum Gasteiger partial charge on any atom is 0.323 e. The number of carbonyl (C=O) groups excluding carboxylic acids is 2. The van der Waals surface area contributed by atoms with Crippen LogP contribution in [0.2, 0.25) is 0 Å². The normalized spacial score (nSPS) is 15.7. The quantitative estimate of drug-likeness (QED) is 0.813. The number of aliphatic carboxylic acids is 1. The van der Waals surface area contributed by atoms with Gasteiger partial charge in [0.05, 0.1) is 0 Å². The molecule has 0 atom stereocenters. The standard InChI is InChI=1S/C13H23N3O4/c1-3-5-16(10-12(18)19)13(20)15-7-4-6-14(8-9-15)11(2)17/h3-10H2,1-2H3,(H,18,19). The maximum atomic E-state index is 12.3. The van der Waals surface area contributed by atoms with E-state index < -0.39 is 5.97 Å². The van der Waals surface area contributed by atoms with Gasteiger partial charge in [-0.2, -0.15) is 0 Å². The van der Waals surface area contributed by atoms with Crippen molar-refractivity contribution in [3.05, 3.63) is 0 Å². The minimum Gasteiger partial charge on any atom is -0.480 e. The van der Waals surface area contributed by atoms with Gasteiger partial charge in [0, 0.05) is 39.6 Å². The van der Waals surface area contributed by atoms with E-state index in [2.05, 4.69) is 0 Å². The summed E-state index contributed by atoms with van der Waals surface area (Å²) >= 11 is 0. The van der Waals surface area contributed by atoms with Crippen molar-refractivity contribution < 1.29 is 19.5 Å². The molecule has 0 aromatic carbocycles. The molecule has 3 amide bonds. The van der Waals surface area contributed by atoms with Gasteiger partial charge in [-0.05, 0) is 12.8 Å². The molecule has 7 heteroatoms. The van der Waals surface area contributed by atoms with E-state index in [1.165, 1.54) is 11.8 Å². The molecule has 114 valence electrons. The third-order valence-electron chi connectivity index (χ3n) is 3.30. The molecule has 1 saturated heterocycles. The number of rotatable bonds is 4. The van der Waals surface area contributed by atoms with Crippen LogP contribution in [0, 0.1) is 0 Å². The third-order valence-corrected chi connectivity index (χ3v) is 3.30. The van der Waals surface area contributed by atoms with Crippen LogP contribution >= 0.6 is 0 Å². The zero-order chi connectivity index (χ0) is 15.1. The van der Waals surface area contributed by atoms with E-state index in [-0.39, 0.29) is 18.5 Å². The Morgan fingerprint density at radius 3 is 2.25 bits per heavy atom. The van der Waals surface area contributed by atoms with Gasteiger partial charge in [-0.3, -0.25) is 9.59 Å². The van der Waals surface area contributed by atoms with Crippen LogP contribution < -0.4 is 0 Å². The van der Waals surface area contributed by atoms with Gasteiger partial charge in [0.2, 0.25) is 5.91 Å². The summed E-state index contributed by atoms with van der Waals surface area (Å²) < 4.78 is 0. The minimum absolute atomic E-state index is 0.00949. The molecule has 0 spiro atoms. The van der Waals surface area contributed by atoms with E-state index in [4.69, 9.17) is 5.11 Å². The average molecular weight is 285 g/mol. The molecular formula is C13H23N3O4. The van der Waals surface area contributed by atoms with Crippen molar-refractivity contribution in [3.8, 4) is 0 Å². The lowest BCUT2D eigenvalue weighted by Gasteiger charge is -2.28. The van der Waals surface area contributed by atoms with Crippen molar-refractivity contribution in [3.63, 3.8) is 0 Å². The van der Waals surface area contributed by atoms with Crippen LogP contribution in [0.1, 0.15) is 26.7 Å². The van der Waals surface area contributed by atoms with Crippen molar-refractivity contribution in [2.75, 3.05) is 39.3 Å². The predicted octanol–water partition coefficient (Wildman–Crippen LogP) is 0.457. The van der Waals surface area contributed by atoms with E-state index in [1.54, 1.807) is 9.80 Å². The summed E-state index contributed by atoms with van der Waals surface area (Å²) in [6, 6.07) is -0.250. The average Bonchev–Trinajstić information content (AvgIpc) is 2.62. The molecular weight excluding hydrogens is 262 g/mol. The first-order valence-electron chi connectivity index (χ1n) is 6.96. The Morgan fingerprint density at radius 2 is 1.70 bits per heavy atom. The number of carboxylic acids is 1. The first kappa shape index (κ1) is 16.3. The Morgan fingerprint density at radius 1 is 1.10 bits per heavy atom. The number of amides is 3. The van der Waals surface area contributed by atoms with Gasteiger partial charge >= 0.3 is 12.0 Å². The topological polar surface area (TPSA) is 81.2 Å². The Kier molecular flexibility index (Phi) is 6.27. The zero-order valence-corrected chi connectivity index (χ0v) is 12.2. The van der Waals surface area contributed by atoms with E-state index in [9.17, 15) is 14.4 Å². The van der Waals surface area contributed by atoms with Gasteiger partial charge in [0.25, 0.3) is 0 Å². The highest BCUT2D eigenvalue weighted by molar-refractivity contribution is 5.80. The molecule has 1 heterocycles. The molecule has 0 saturated carbocycles. The Bertz CT molecular complexity index is 373.